The lowest BCUT2D eigenvalue weighted by atomic mass is 10.4. The molecule has 0 amide bonds. The number of nitrogens with zero attached hydrogens (tertiary/aromatic N) is 4. The average Bonchev–Trinajstić information content (AvgIpc) is 2.69. The van der Waals surface area contributed by atoms with Gasteiger partial charge in [0.2, 0.25) is 0 Å². The normalized spacial score (nSPS) is 9.85. The number of pyridine rings is 1. The molecule has 0 atom stereocenters. The van der Waals surface area contributed by atoms with Gasteiger partial charge in [-0.3, -0.25) is 4.98 Å². The molecule has 2 heterocycles. The molecular weight excluding hydrogens is 168 g/mol. The summed E-state index contributed by atoms with van der Waals surface area (Å²) in [5, 5.41) is 16.6. The number of aromatic nitrogens is 5. The van der Waals surface area contributed by atoms with Crippen LogP contribution in [0.25, 0.3) is 0 Å². The van der Waals surface area contributed by atoms with Crippen molar-refractivity contribution in [3.05, 3.63) is 30.4 Å². The van der Waals surface area contributed by atoms with E-state index in [0.29, 0.717) is 12.4 Å². The Labute approximate surface area is 74.4 Å². The molecule has 2 rings (SSSR count). The van der Waals surface area contributed by atoms with E-state index in [2.05, 4.69) is 30.9 Å². The summed E-state index contributed by atoms with van der Waals surface area (Å²) < 4.78 is 0. The molecular formula is C7H8N6. The Morgan fingerprint density at radius 1 is 1.31 bits per heavy atom. The molecule has 0 radical (unpaired) electrons. The second-order valence-electron chi connectivity index (χ2n) is 2.42. The van der Waals surface area contributed by atoms with Crippen molar-refractivity contribution >= 4 is 5.69 Å². The minimum Gasteiger partial charge on any atom is -0.378 e. The van der Waals surface area contributed by atoms with Gasteiger partial charge < -0.3 is 5.32 Å². The van der Waals surface area contributed by atoms with E-state index in [1.807, 2.05) is 12.1 Å². The van der Waals surface area contributed by atoms with Gasteiger partial charge in [-0.2, -0.15) is 5.21 Å². The molecule has 0 aliphatic rings. The molecule has 13 heavy (non-hydrogen) atoms. The molecule has 2 N–H and O–H groups in total. The van der Waals surface area contributed by atoms with Gasteiger partial charge in [0, 0.05) is 18.1 Å². The summed E-state index contributed by atoms with van der Waals surface area (Å²) in [5.41, 5.74) is 0.986. The predicted molar refractivity (Wildman–Crippen MR) is 45.7 cm³/mol. The van der Waals surface area contributed by atoms with Gasteiger partial charge in [0.05, 0.1) is 6.54 Å². The zero-order valence-electron chi connectivity index (χ0n) is 6.81. The summed E-state index contributed by atoms with van der Waals surface area (Å²) in [4.78, 5) is 3.90. The van der Waals surface area contributed by atoms with Gasteiger partial charge >= 0.3 is 0 Å². The van der Waals surface area contributed by atoms with Crippen LogP contribution in [0.3, 0.4) is 0 Å². The van der Waals surface area contributed by atoms with E-state index in [0.717, 1.165) is 5.69 Å². The lowest BCUT2D eigenvalue weighted by molar-refractivity contribution is 0.881. The Bertz CT molecular complexity index is 342. The second kappa shape index (κ2) is 3.61. The molecule has 6 heteroatoms. The third-order valence-corrected chi connectivity index (χ3v) is 1.52. The number of H-pyrrole nitrogens is 1. The van der Waals surface area contributed by atoms with Crippen molar-refractivity contribution in [2.45, 2.75) is 6.54 Å². The molecule has 0 saturated heterocycles. The summed E-state index contributed by atoms with van der Waals surface area (Å²) in [6.07, 6.45) is 3.44. The maximum atomic E-state index is 3.90. The maximum absolute atomic E-state index is 3.90. The highest BCUT2D eigenvalue weighted by molar-refractivity contribution is 5.40. The Hall–Kier alpha value is -1.98. The van der Waals surface area contributed by atoms with Crippen molar-refractivity contribution in [2.75, 3.05) is 5.32 Å². The molecule has 0 saturated carbocycles. The number of aromatic amines is 1. The molecule has 0 fully saturated rings. The van der Waals surface area contributed by atoms with Crippen molar-refractivity contribution in [1.82, 2.24) is 25.6 Å². The van der Waals surface area contributed by atoms with Gasteiger partial charge in [-0.1, -0.05) is 5.21 Å². The number of hydrogen-bond donors (Lipinski definition) is 2. The zero-order valence-corrected chi connectivity index (χ0v) is 6.81. The molecule has 6 nitrogen and oxygen atoms in total. The van der Waals surface area contributed by atoms with Crippen LogP contribution in [0, 0.1) is 0 Å². The van der Waals surface area contributed by atoms with Crippen molar-refractivity contribution < 1.29 is 0 Å². The van der Waals surface area contributed by atoms with Crippen LogP contribution in [0.2, 0.25) is 0 Å². The molecule has 2 aromatic rings. The molecule has 0 aliphatic carbocycles. The van der Waals surface area contributed by atoms with E-state index in [-0.39, 0.29) is 0 Å². The number of rotatable bonds is 3. The van der Waals surface area contributed by atoms with Crippen molar-refractivity contribution in [2.24, 2.45) is 0 Å². The first-order chi connectivity index (χ1) is 6.45. The minimum absolute atomic E-state index is 0.556. The summed E-state index contributed by atoms with van der Waals surface area (Å²) in [6, 6.07) is 3.75. The standard InChI is InChI=1S/C7H8N6/c1-3-8-4-2-6(1)9-5-7-10-12-13-11-7/h1-4H,5H2,(H,8,9)(H,10,11,12,13). The monoisotopic (exact) mass is 176 g/mol. The number of hydrogen-bond acceptors (Lipinski definition) is 5. The molecule has 2 aromatic heterocycles. The van der Waals surface area contributed by atoms with Gasteiger partial charge in [-0.05, 0) is 12.1 Å². The summed E-state index contributed by atoms with van der Waals surface area (Å²) in [7, 11) is 0. The molecule has 0 bridgehead atoms. The van der Waals surface area contributed by atoms with Crippen LogP contribution >= 0.6 is 0 Å². The Kier molecular flexibility index (Phi) is 2.13. The highest BCUT2D eigenvalue weighted by atomic mass is 15.5. The van der Waals surface area contributed by atoms with Gasteiger partial charge in [0.15, 0.2) is 5.82 Å². The van der Waals surface area contributed by atoms with Gasteiger partial charge in [0.25, 0.3) is 0 Å². The number of nitrogens with one attached hydrogen (secondary N) is 2. The number of anilines is 1. The SMILES string of the molecule is c1cc(NCc2nn[nH]n2)ccn1. The Morgan fingerprint density at radius 3 is 2.85 bits per heavy atom. The van der Waals surface area contributed by atoms with E-state index in [1.54, 1.807) is 12.4 Å². The Morgan fingerprint density at radius 2 is 2.15 bits per heavy atom. The summed E-state index contributed by atoms with van der Waals surface area (Å²) in [5.74, 6) is 0.636. The first-order valence-corrected chi connectivity index (χ1v) is 3.81. The highest BCUT2D eigenvalue weighted by Gasteiger charge is 1.96. The fourth-order valence-corrected chi connectivity index (χ4v) is 0.908. The van der Waals surface area contributed by atoms with E-state index < -0.39 is 0 Å². The summed E-state index contributed by atoms with van der Waals surface area (Å²) in [6.45, 7) is 0.556. The Balaban J connectivity index is 1.94. The summed E-state index contributed by atoms with van der Waals surface area (Å²) >= 11 is 0. The van der Waals surface area contributed by atoms with Crippen molar-refractivity contribution in [3.63, 3.8) is 0 Å². The van der Waals surface area contributed by atoms with Crippen LogP contribution < -0.4 is 5.32 Å². The van der Waals surface area contributed by atoms with E-state index in [9.17, 15) is 0 Å². The van der Waals surface area contributed by atoms with E-state index >= 15 is 0 Å². The number of tetrazole rings is 1. The first kappa shape index (κ1) is 7.66. The van der Waals surface area contributed by atoms with Crippen molar-refractivity contribution in [1.29, 1.82) is 0 Å². The molecule has 66 valence electrons. The van der Waals surface area contributed by atoms with Gasteiger partial charge in [0.1, 0.15) is 0 Å². The third kappa shape index (κ3) is 1.98. The quantitative estimate of drug-likeness (QED) is 0.698. The second-order valence-corrected chi connectivity index (χ2v) is 2.42. The topological polar surface area (TPSA) is 79.4 Å². The van der Waals surface area contributed by atoms with Gasteiger partial charge in [-0.25, -0.2) is 0 Å². The molecule has 0 unspecified atom stereocenters. The fraction of sp³-hybridized carbons (Fsp3) is 0.143. The fourth-order valence-electron chi connectivity index (χ4n) is 0.908. The predicted octanol–water partition coefficient (Wildman–Crippen LogP) is 0.207. The van der Waals surface area contributed by atoms with Crippen LogP contribution in [0.1, 0.15) is 5.82 Å². The minimum atomic E-state index is 0.556. The highest BCUT2D eigenvalue weighted by Crippen LogP contribution is 2.03. The zero-order chi connectivity index (χ0) is 8.93. The molecule has 0 aliphatic heterocycles. The molecule has 0 aromatic carbocycles. The van der Waals surface area contributed by atoms with Crippen LogP contribution in [-0.2, 0) is 6.54 Å². The lowest BCUT2D eigenvalue weighted by Gasteiger charge is -2.00. The first-order valence-electron chi connectivity index (χ1n) is 3.81. The van der Waals surface area contributed by atoms with E-state index in [4.69, 9.17) is 0 Å². The van der Waals surface area contributed by atoms with E-state index in [1.165, 1.54) is 0 Å². The van der Waals surface area contributed by atoms with Crippen molar-refractivity contribution in [3.8, 4) is 0 Å². The smallest absolute Gasteiger partial charge is 0.193 e. The van der Waals surface area contributed by atoms with Crippen LogP contribution in [-0.4, -0.2) is 25.6 Å². The largest absolute Gasteiger partial charge is 0.378 e. The van der Waals surface area contributed by atoms with Crippen LogP contribution in [0.5, 0.6) is 0 Å². The maximum Gasteiger partial charge on any atom is 0.193 e. The van der Waals surface area contributed by atoms with Crippen LogP contribution in [0.4, 0.5) is 5.69 Å². The third-order valence-electron chi connectivity index (χ3n) is 1.52. The average molecular weight is 176 g/mol. The lowest BCUT2D eigenvalue weighted by Crippen LogP contribution is -2.01. The van der Waals surface area contributed by atoms with Gasteiger partial charge in [-0.15, -0.1) is 10.2 Å². The van der Waals surface area contributed by atoms with Crippen LogP contribution in [0.15, 0.2) is 24.5 Å². The molecule has 0 spiro atoms.